The lowest BCUT2D eigenvalue weighted by molar-refractivity contribution is 0.264. The van der Waals surface area contributed by atoms with Gasteiger partial charge in [0.25, 0.3) is 8.32 Å². The summed E-state index contributed by atoms with van der Waals surface area (Å²) in [5.74, 6) is 0.675. The Kier molecular flexibility index (Phi) is 8.27. The second-order valence-corrected chi connectivity index (χ2v) is 13.6. The topological polar surface area (TPSA) is 9.23 Å². The van der Waals surface area contributed by atoms with Gasteiger partial charge in [-0.1, -0.05) is 100 Å². The molecule has 0 fully saturated rings. The minimum absolute atomic E-state index is 0.0566. The number of rotatable bonds is 9. The van der Waals surface area contributed by atoms with Crippen molar-refractivity contribution < 1.29 is 4.43 Å². The van der Waals surface area contributed by atoms with E-state index < -0.39 is 8.32 Å². The fourth-order valence-electron chi connectivity index (χ4n) is 3.98. The molecule has 0 heterocycles. The van der Waals surface area contributed by atoms with Gasteiger partial charge in [-0.2, -0.15) is 0 Å². The zero-order valence-electron chi connectivity index (χ0n) is 18.7. The van der Waals surface area contributed by atoms with Crippen LogP contribution in [0.3, 0.4) is 0 Å². The van der Waals surface area contributed by atoms with Crippen molar-refractivity contribution >= 4 is 18.7 Å². The smallest absolute Gasteiger partial charge is 0.261 e. The summed E-state index contributed by atoms with van der Waals surface area (Å²) in [5, 5.41) is 2.79. The molecule has 1 atom stereocenters. The number of hydrogen-bond acceptors (Lipinski definition) is 1. The number of benzene rings is 2. The molecule has 0 aliphatic rings. The Hall–Kier alpha value is -1.64. The van der Waals surface area contributed by atoms with Crippen LogP contribution in [-0.4, -0.2) is 14.9 Å². The van der Waals surface area contributed by atoms with Gasteiger partial charge in [0.1, 0.15) is 0 Å². The molecule has 0 aliphatic carbocycles. The lowest BCUT2D eigenvalue weighted by Crippen LogP contribution is -2.66. The van der Waals surface area contributed by atoms with E-state index in [1.807, 2.05) is 0 Å². The summed E-state index contributed by atoms with van der Waals surface area (Å²) in [6, 6.07) is 21.9. The molecule has 0 N–H and O–H groups in total. The van der Waals surface area contributed by atoms with E-state index in [9.17, 15) is 0 Å². The molecule has 0 saturated carbocycles. The largest absolute Gasteiger partial charge is 0.407 e. The lowest BCUT2D eigenvalue weighted by atomic mass is 10.0. The maximum Gasteiger partial charge on any atom is 0.261 e. The normalized spacial score (nSPS) is 13.2. The zero-order chi connectivity index (χ0) is 20.6. The Morgan fingerprint density at radius 3 is 1.82 bits per heavy atom. The van der Waals surface area contributed by atoms with Gasteiger partial charge < -0.3 is 4.43 Å². The molecular weight excluding hydrogens is 356 g/mol. The van der Waals surface area contributed by atoms with Gasteiger partial charge in [0, 0.05) is 6.61 Å². The molecule has 0 amide bonds. The van der Waals surface area contributed by atoms with Crippen molar-refractivity contribution in [2.24, 2.45) is 5.92 Å². The van der Waals surface area contributed by atoms with Crippen LogP contribution in [-0.2, 0) is 4.43 Å². The second-order valence-electron chi connectivity index (χ2n) is 9.26. The maximum atomic E-state index is 6.99. The van der Waals surface area contributed by atoms with E-state index in [4.69, 9.17) is 4.43 Å². The highest BCUT2D eigenvalue weighted by molar-refractivity contribution is 6.99. The van der Waals surface area contributed by atoms with Gasteiger partial charge in [0.2, 0.25) is 0 Å². The van der Waals surface area contributed by atoms with Crippen molar-refractivity contribution in [3.8, 4) is 0 Å². The summed E-state index contributed by atoms with van der Waals surface area (Å²) in [7, 11) is -2.38. The van der Waals surface area contributed by atoms with Crippen LogP contribution in [0.4, 0.5) is 0 Å². The molecule has 0 bridgehead atoms. The quantitative estimate of drug-likeness (QED) is 0.356. The molecule has 28 heavy (non-hydrogen) atoms. The first-order valence-corrected chi connectivity index (χ1v) is 12.6. The van der Waals surface area contributed by atoms with E-state index in [1.165, 1.54) is 28.8 Å². The highest BCUT2D eigenvalue weighted by Crippen LogP contribution is 2.37. The van der Waals surface area contributed by atoms with E-state index in [-0.39, 0.29) is 5.04 Å². The summed E-state index contributed by atoms with van der Waals surface area (Å²) in [5.41, 5.74) is 1.41. The van der Waals surface area contributed by atoms with Gasteiger partial charge in [0.15, 0.2) is 0 Å². The summed E-state index contributed by atoms with van der Waals surface area (Å²) < 4.78 is 6.99. The Balaban J connectivity index is 2.26. The molecule has 0 aliphatic heterocycles. The third-order valence-corrected chi connectivity index (χ3v) is 10.6. The maximum absolute atomic E-state index is 6.99. The van der Waals surface area contributed by atoms with Crippen LogP contribution in [0.25, 0.3) is 0 Å². The Morgan fingerprint density at radius 1 is 0.893 bits per heavy atom. The summed E-state index contributed by atoms with van der Waals surface area (Å²) in [6.07, 6.45) is 5.86. The van der Waals surface area contributed by atoms with Crippen LogP contribution in [0, 0.1) is 5.92 Å². The predicted octanol–water partition coefficient (Wildman–Crippen LogP) is 6.34. The van der Waals surface area contributed by atoms with E-state index in [0.29, 0.717) is 5.92 Å². The van der Waals surface area contributed by atoms with Gasteiger partial charge in [-0.25, -0.2) is 0 Å². The molecule has 0 unspecified atom stereocenters. The minimum Gasteiger partial charge on any atom is -0.407 e. The molecule has 2 heteroatoms. The van der Waals surface area contributed by atoms with Crippen LogP contribution in [0.1, 0.15) is 60.8 Å². The van der Waals surface area contributed by atoms with Crippen molar-refractivity contribution in [2.45, 2.75) is 65.8 Å². The fourth-order valence-corrected chi connectivity index (χ4v) is 8.56. The first kappa shape index (κ1) is 22.6. The molecule has 0 aromatic heterocycles. The molecule has 0 saturated heterocycles. The van der Waals surface area contributed by atoms with Crippen LogP contribution < -0.4 is 10.4 Å². The predicted molar refractivity (Wildman–Crippen MR) is 126 cm³/mol. The van der Waals surface area contributed by atoms with Crippen molar-refractivity contribution in [3.63, 3.8) is 0 Å². The van der Waals surface area contributed by atoms with Gasteiger partial charge in [0.05, 0.1) is 0 Å². The Labute approximate surface area is 174 Å². The monoisotopic (exact) mass is 394 g/mol. The summed E-state index contributed by atoms with van der Waals surface area (Å²) in [4.78, 5) is 0. The van der Waals surface area contributed by atoms with E-state index in [2.05, 4.69) is 108 Å². The van der Waals surface area contributed by atoms with Crippen molar-refractivity contribution in [1.82, 2.24) is 0 Å². The molecule has 152 valence electrons. The SMILES string of the molecule is CC(C)=CCC[C@H](C)CCO[Si](c1ccccc1)(c1ccccc1)C(C)(C)C. The zero-order valence-corrected chi connectivity index (χ0v) is 19.7. The van der Waals surface area contributed by atoms with E-state index >= 15 is 0 Å². The Morgan fingerprint density at radius 2 is 1.39 bits per heavy atom. The average molecular weight is 395 g/mol. The van der Waals surface area contributed by atoms with E-state index in [0.717, 1.165) is 13.0 Å². The van der Waals surface area contributed by atoms with Crippen molar-refractivity contribution in [2.75, 3.05) is 6.61 Å². The van der Waals surface area contributed by atoms with Gasteiger partial charge >= 0.3 is 0 Å². The number of allylic oxidation sites excluding steroid dienone is 2. The summed E-state index contributed by atoms with van der Waals surface area (Å²) >= 11 is 0. The minimum atomic E-state index is -2.38. The van der Waals surface area contributed by atoms with Crippen LogP contribution in [0.2, 0.25) is 5.04 Å². The van der Waals surface area contributed by atoms with Crippen LogP contribution >= 0.6 is 0 Å². The van der Waals surface area contributed by atoms with Gasteiger partial charge in [-0.15, -0.1) is 0 Å². The molecule has 2 aromatic carbocycles. The second kappa shape index (κ2) is 10.2. The molecule has 0 spiro atoms. The standard InChI is InChI=1S/C26H38OSi/c1-22(2)14-13-15-23(3)20-21-27-28(26(4,5)6,24-16-9-7-10-17-24)25-18-11-8-12-19-25/h7-12,14,16-19,23H,13,15,20-21H2,1-6H3/t23-/m0/s1. The van der Waals surface area contributed by atoms with Crippen LogP contribution in [0.15, 0.2) is 72.3 Å². The van der Waals surface area contributed by atoms with Gasteiger partial charge in [-0.3, -0.25) is 0 Å². The van der Waals surface area contributed by atoms with Crippen molar-refractivity contribution in [3.05, 3.63) is 72.3 Å². The Bertz CT molecular complexity index is 685. The molecule has 0 radical (unpaired) electrons. The third-order valence-electron chi connectivity index (χ3n) is 5.56. The first-order chi connectivity index (χ1) is 13.3. The van der Waals surface area contributed by atoms with Gasteiger partial charge in [-0.05, 0) is 54.4 Å². The molecular formula is C26H38OSi. The molecule has 2 rings (SSSR count). The summed E-state index contributed by atoms with van der Waals surface area (Å²) in [6.45, 7) is 14.6. The first-order valence-electron chi connectivity index (χ1n) is 10.7. The highest BCUT2D eigenvalue weighted by atomic mass is 28.4. The molecule has 1 nitrogen and oxygen atoms in total. The highest BCUT2D eigenvalue weighted by Gasteiger charge is 2.49. The number of hydrogen-bond donors (Lipinski definition) is 0. The van der Waals surface area contributed by atoms with Crippen LogP contribution in [0.5, 0.6) is 0 Å². The fraction of sp³-hybridized carbons (Fsp3) is 0.462. The third kappa shape index (κ3) is 5.68. The van der Waals surface area contributed by atoms with E-state index in [1.54, 1.807) is 0 Å². The van der Waals surface area contributed by atoms with Crippen molar-refractivity contribution in [1.29, 1.82) is 0 Å². The molecule has 2 aromatic rings. The average Bonchev–Trinajstić information content (AvgIpc) is 2.65. The lowest BCUT2D eigenvalue weighted by Gasteiger charge is -2.43.